The lowest BCUT2D eigenvalue weighted by molar-refractivity contribution is 0.102. The number of benzene rings is 1. The number of halogens is 1. The molecule has 29 heavy (non-hydrogen) atoms. The number of carbonyl (C=O) groups excluding carboxylic acids is 1. The number of para-hydroxylation sites is 1. The highest BCUT2D eigenvalue weighted by Crippen LogP contribution is 2.22. The predicted molar refractivity (Wildman–Crippen MR) is 111 cm³/mol. The SMILES string of the molecule is O=C(Nc1cnn(Cc2cn3ccccc3n2)c1)c1cc(Cl)nc2ccccc12. The Balaban J connectivity index is 1.37. The number of rotatable bonds is 4. The second kappa shape index (κ2) is 7.03. The van der Waals surface area contributed by atoms with Gasteiger partial charge in [-0.1, -0.05) is 35.9 Å². The smallest absolute Gasteiger partial charge is 0.256 e. The molecule has 4 aromatic heterocycles. The third-order valence-corrected chi connectivity index (χ3v) is 4.75. The molecule has 4 heterocycles. The third kappa shape index (κ3) is 3.43. The standard InChI is InChI=1S/C21H15ClN6O/c22-19-9-17(16-5-1-2-6-18(16)26-19)21(29)25-14-10-23-28(12-14)13-15-11-27-8-4-3-7-20(27)24-15/h1-12H,13H2,(H,25,29). The van der Waals surface area contributed by atoms with Gasteiger partial charge in [-0.15, -0.1) is 0 Å². The number of imidazole rings is 1. The quantitative estimate of drug-likeness (QED) is 0.460. The number of carbonyl (C=O) groups is 1. The number of pyridine rings is 2. The summed E-state index contributed by atoms with van der Waals surface area (Å²) in [5.74, 6) is -0.266. The van der Waals surface area contributed by atoms with Gasteiger partial charge in [0.2, 0.25) is 0 Å². The van der Waals surface area contributed by atoms with E-state index in [-0.39, 0.29) is 11.1 Å². The van der Waals surface area contributed by atoms with Crippen LogP contribution in [0.1, 0.15) is 16.1 Å². The van der Waals surface area contributed by atoms with Crippen LogP contribution in [0.15, 0.2) is 73.3 Å². The molecule has 1 amide bonds. The summed E-state index contributed by atoms with van der Waals surface area (Å²) in [6.07, 6.45) is 7.29. The van der Waals surface area contributed by atoms with Gasteiger partial charge in [-0.25, -0.2) is 9.97 Å². The van der Waals surface area contributed by atoms with Crippen molar-refractivity contribution >= 4 is 39.7 Å². The summed E-state index contributed by atoms with van der Waals surface area (Å²) in [7, 11) is 0. The summed E-state index contributed by atoms with van der Waals surface area (Å²) >= 11 is 6.08. The van der Waals surface area contributed by atoms with Crippen molar-refractivity contribution in [1.82, 2.24) is 24.1 Å². The largest absolute Gasteiger partial charge is 0.319 e. The zero-order valence-corrected chi connectivity index (χ0v) is 15.9. The molecule has 0 saturated carbocycles. The molecule has 0 spiro atoms. The summed E-state index contributed by atoms with van der Waals surface area (Å²) in [5.41, 5.74) is 3.49. The molecule has 5 aromatic rings. The summed E-state index contributed by atoms with van der Waals surface area (Å²) < 4.78 is 3.69. The molecule has 142 valence electrons. The van der Waals surface area contributed by atoms with Crippen LogP contribution in [-0.4, -0.2) is 30.1 Å². The van der Waals surface area contributed by atoms with Gasteiger partial charge in [-0.3, -0.25) is 9.48 Å². The van der Waals surface area contributed by atoms with Crippen molar-refractivity contribution in [3.8, 4) is 0 Å². The van der Waals surface area contributed by atoms with E-state index in [1.165, 1.54) is 0 Å². The van der Waals surface area contributed by atoms with Crippen molar-refractivity contribution in [3.63, 3.8) is 0 Å². The summed E-state index contributed by atoms with van der Waals surface area (Å²) in [6, 6.07) is 14.8. The minimum absolute atomic E-state index is 0.266. The first-order valence-corrected chi connectivity index (χ1v) is 9.35. The minimum Gasteiger partial charge on any atom is -0.319 e. The fraction of sp³-hybridized carbons (Fsp3) is 0.0476. The highest BCUT2D eigenvalue weighted by atomic mass is 35.5. The van der Waals surface area contributed by atoms with E-state index >= 15 is 0 Å². The maximum Gasteiger partial charge on any atom is 0.256 e. The van der Waals surface area contributed by atoms with Crippen molar-refractivity contribution in [1.29, 1.82) is 0 Å². The molecule has 8 heteroatoms. The second-order valence-corrected chi connectivity index (χ2v) is 6.98. The number of fused-ring (bicyclic) bond motifs is 2. The normalized spacial score (nSPS) is 11.2. The topological polar surface area (TPSA) is 77.1 Å². The third-order valence-electron chi connectivity index (χ3n) is 4.56. The van der Waals surface area contributed by atoms with Gasteiger partial charge in [0, 0.05) is 24.0 Å². The van der Waals surface area contributed by atoms with Gasteiger partial charge in [-0.05, 0) is 24.3 Å². The Morgan fingerprint density at radius 2 is 1.93 bits per heavy atom. The maximum atomic E-state index is 12.8. The first-order valence-electron chi connectivity index (χ1n) is 8.97. The number of amides is 1. The van der Waals surface area contributed by atoms with E-state index in [1.54, 1.807) is 23.1 Å². The molecule has 0 unspecified atom stereocenters. The van der Waals surface area contributed by atoms with Crippen LogP contribution in [0, 0.1) is 0 Å². The molecular formula is C21H15ClN6O. The number of nitrogens with zero attached hydrogens (tertiary/aromatic N) is 5. The molecule has 0 radical (unpaired) electrons. The summed E-state index contributed by atoms with van der Waals surface area (Å²) in [5, 5.41) is 8.22. The Bertz CT molecular complexity index is 1320. The summed E-state index contributed by atoms with van der Waals surface area (Å²) in [6.45, 7) is 0.502. The zero-order valence-electron chi connectivity index (χ0n) is 15.2. The average Bonchev–Trinajstić information content (AvgIpc) is 3.33. The van der Waals surface area contributed by atoms with Crippen LogP contribution in [0.25, 0.3) is 16.6 Å². The molecule has 1 N–H and O–H groups in total. The van der Waals surface area contributed by atoms with Crippen LogP contribution in [0.2, 0.25) is 5.15 Å². The molecule has 0 aliphatic heterocycles. The van der Waals surface area contributed by atoms with Gasteiger partial charge in [0.15, 0.2) is 0 Å². The van der Waals surface area contributed by atoms with E-state index < -0.39 is 0 Å². The highest BCUT2D eigenvalue weighted by molar-refractivity contribution is 6.30. The van der Waals surface area contributed by atoms with Crippen molar-refractivity contribution < 1.29 is 4.79 Å². The van der Waals surface area contributed by atoms with Crippen molar-refractivity contribution in [2.24, 2.45) is 0 Å². The molecule has 1 aromatic carbocycles. The fourth-order valence-corrected chi connectivity index (χ4v) is 3.47. The second-order valence-electron chi connectivity index (χ2n) is 6.59. The fourth-order valence-electron chi connectivity index (χ4n) is 3.27. The molecule has 0 bridgehead atoms. The van der Waals surface area contributed by atoms with E-state index in [2.05, 4.69) is 20.4 Å². The Morgan fingerprint density at radius 1 is 1.07 bits per heavy atom. The van der Waals surface area contributed by atoms with Crippen LogP contribution in [0.4, 0.5) is 5.69 Å². The van der Waals surface area contributed by atoms with E-state index in [1.807, 2.05) is 59.3 Å². The molecule has 0 fully saturated rings. The maximum absolute atomic E-state index is 12.8. The Morgan fingerprint density at radius 3 is 2.83 bits per heavy atom. The van der Waals surface area contributed by atoms with Crippen LogP contribution >= 0.6 is 11.6 Å². The van der Waals surface area contributed by atoms with E-state index in [0.717, 1.165) is 16.7 Å². The summed E-state index contributed by atoms with van der Waals surface area (Å²) in [4.78, 5) is 21.6. The molecule has 0 aliphatic carbocycles. The monoisotopic (exact) mass is 402 g/mol. The Hall–Kier alpha value is -3.71. The molecule has 0 aliphatic rings. The highest BCUT2D eigenvalue weighted by Gasteiger charge is 2.14. The van der Waals surface area contributed by atoms with Crippen LogP contribution in [0.5, 0.6) is 0 Å². The number of hydrogen-bond acceptors (Lipinski definition) is 4. The Kier molecular flexibility index (Phi) is 4.22. The molecule has 5 rings (SSSR count). The molecule has 0 saturated heterocycles. The predicted octanol–water partition coefficient (Wildman–Crippen LogP) is 4.03. The van der Waals surface area contributed by atoms with Gasteiger partial charge in [-0.2, -0.15) is 5.10 Å². The van der Waals surface area contributed by atoms with Crippen molar-refractivity contribution in [3.05, 3.63) is 89.7 Å². The number of aromatic nitrogens is 5. The van der Waals surface area contributed by atoms with Crippen molar-refractivity contribution in [2.45, 2.75) is 6.54 Å². The molecule has 7 nitrogen and oxygen atoms in total. The van der Waals surface area contributed by atoms with Gasteiger partial charge in [0.1, 0.15) is 10.8 Å². The lowest BCUT2D eigenvalue weighted by atomic mass is 10.1. The van der Waals surface area contributed by atoms with Crippen LogP contribution in [-0.2, 0) is 6.54 Å². The van der Waals surface area contributed by atoms with Gasteiger partial charge < -0.3 is 9.72 Å². The molecule has 0 atom stereocenters. The van der Waals surface area contributed by atoms with Crippen molar-refractivity contribution in [2.75, 3.05) is 5.32 Å². The van der Waals surface area contributed by atoms with E-state index in [9.17, 15) is 4.79 Å². The minimum atomic E-state index is -0.266. The first kappa shape index (κ1) is 17.4. The van der Waals surface area contributed by atoms with E-state index in [4.69, 9.17) is 11.6 Å². The lowest BCUT2D eigenvalue weighted by Gasteiger charge is -2.07. The van der Waals surface area contributed by atoms with Gasteiger partial charge in [0.25, 0.3) is 5.91 Å². The zero-order chi connectivity index (χ0) is 19.8. The Labute approximate surface area is 170 Å². The first-order chi connectivity index (χ1) is 14.2. The number of nitrogens with one attached hydrogen (secondary N) is 1. The van der Waals surface area contributed by atoms with Gasteiger partial charge >= 0.3 is 0 Å². The lowest BCUT2D eigenvalue weighted by Crippen LogP contribution is -2.12. The van der Waals surface area contributed by atoms with Gasteiger partial charge in [0.05, 0.1) is 35.2 Å². The number of anilines is 1. The average molecular weight is 403 g/mol. The van der Waals surface area contributed by atoms with Crippen LogP contribution < -0.4 is 5.32 Å². The molecular weight excluding hydrogens is 388 g/mol. The van der Waals surface area contributed by atoms with E-state index in [0.29, 0.717) is 23.3 Å². The van der Waals surface area contributed by atoms with Crippen LogP contribution in [0.3, 0.4) is 0 Å². The number of hydrogen-bond donors (Lipinski definition) is 1.